The Bertz CT molecular complexity index is 206. The van der Waals surface area contributed by atoms with Crippen LogP contribution in [-0.2, 0) is 0 Å². The lowest BCUT2D eigenvalue weighted by molar-refractivity contribution is 0.537. The number of hydrogen-bond donors (Lipinski definition) is 0. The summed E-state index contributed by atoms with van der Waals surface area (Å²) in [7, 11) is 0. The van der Waals surface area contributed by atoms with Gasteiger partial charge >= 0.3 is 0 Å². The molecule has 0 aliphatic rings. The molecule has 18 heavy (non-hydrogen) atoms. The number of thioether (sulfide) groups is 2. The molecule has 0 saturated heterocycles. The number of unbranched alkanes of at least 4 members (excludes halogenated alkanes) is 1. The van der Waals surface area contributed by atoms with Gasteiger partial charge in [0.05, 0.1) is 0 Å². The number of hydrogen-bond acceptors (Lipinski definition) is 2. The molecule has 110 valence electrons. The second-order valence-electron chi connectivity index (χ2n) is 6.93. The van der Waals surface area contributed by atoms with E-state index in [0.717, 1.165) is 5.92 Å². The summed E-state index contributed by atoms with van der Waals surface area (Å²) in [6.45, 7) is 16.4. The van der Waals surface area contributed by atoms with Crippen molar-refractivity contribution in [2.75, 3.05) is 11.5 Å². The number of rotatable bonds is 9. The zero-order valence-electron chi connectivity index (χ0n) is 13.6. The summed E-state index contributed by atoms with van der Waals surface area (Å²) in [5.41, 5.74) is 0. The molecule has 0 N–H and O–H groups in total. The smallest absolute Gasteiger partial charge is 0.0129 e. The van der Waals surface area contributed by atoms with Crippen LogP contribution in [0.2, 0.25) is 0 Å². The van der Waals surface area contributed by atoms with Crippen molar-refractivity contribution in [1.29, 1.82) is 0 Å². The molecule has 0 amide bonds. The van der Waals surface area contributed by atoms with Crippen molar-refractivity contribution in [3.05, 3.63) is 0 Å². The highest BCUT2D eigenvalue weighted by Gasteiger charge is 2.22. The Morgan fingerprint density at radius 1 is 0.944 bits per heavy atom. The van der Waals surface area contributed by atoms with Crippen molar-refractivity contribution in [3.8, 4) is 0 Å². The molecule has 0 rings (SSSR count). The van der Waals surface area contributed by atoms with Gasteiger partial charge in [0.1, 0.15) is 0 Å². The van der Waals surface area contributed by atoms with Crippen molar-refractivity contribution < 1.29 is 0 Å². The average Bonchev–Trinajstić information content (AvgIpc) is 2.24. The van der Waals surface area contributed by atoms with Crippen LogP contribution in [0.4, 0.5) is 0 Å². The lowest BCUT2D eigenvalue weighted by Gasteiger charge is -2.29. The minimum Gasteiger partial charge on any atom is -0.156 e. The highest BCUT2D eigenvalue weighted by Crippen LogP contribution is 2.35. The monoisotopic (exact) mass is 290 g/mol. The van der Waals surface area contributed by atoms with E-state index < -0.39 is 0 Å². The fourth-order valence-corrected chi connectivity index (χ4v) is 3.89. The van der Waals surface area contributed by atoms with Gasteiger partial charge in [0.2, 0.25) is 0 Å². The first-order chi connectivity index (χ1) is 8.18. The van der Waals surface area contributed by atoms with Crippen molar-refractivity contribution in [2.24, 2.45) is 5.92 Å². The van der Waals surface area contributed by atoms with E-state index in [0.29, 0.717) is 9.49 Å². The van der Waals surface area contributed by atoms with Crippen LogP contribution in [0.3, 0.4) is 0 Å². The van der Waals surface area contributed by atoms with Crippen molar-refractivity contribution >= 4 is 23.5 Å². The minimum atomic E-state index is 0.431. The molecule has 0 radical (unpaired) electrons. The standard InChI is InChI=1S/C16H34S2/c1-8-16(7,18-13-14(2)3)11-9-10-12-17-15(4,5)6/h14H,8-13H2,1-7H3. The Morgan fingerprint density at radius 2 is 1.56 bits per heavy atom. The largest absolute Gasteiger partial charge is 0.156 e. The van der Waals surface area contributed by atoms with E-state index in [1.165, 1.54) is 37.2 Å². The Balaban J connectivity index is 3.79. The molecule has 0 aromatic heterocycles. The predicted octanol–water partition coefficient (Wildman–Crippen LogP) is 6.25. The maximum Gasteiger partial charge on any atom is 0.0129 e. The van der Waals surface area contributed by atoms with Gasteiger partial charge in [0.15, 0.2) is 0 Å². The molecule has 0 fully saturated rings. The second kappa shape index (κ2) is 8.79. The van der Waals surface area contributed by atoms with Gasteiger partial charge < -0.3 is 0 Å². The zero-order valence-corrected chi connectivity index (χ0v) is 15.3. The van der Waals surface area contributed by atoms with Gasteiger partial charge in [-0.15, -0.1) is 0 Å². The van der Waals surface area contributed by atoms with Crippen LogP contribution in [0, 0.1) is 5.92 Å². The van der Waals surface area contributed by atoms with E-state index in [1.807, 2.05) is 0 Å². The molecular formula is C16H34S2. The normalized spacial score (nSPS) is 16.0. The van der Waals surface area contributed by atoms with Crippen LogP contribution >= 0.6 is 23.5 Å². The Labute approximate surface area is 124 Å². The summed E-state index contributed by atoms with van der Waals surface area (Å²) in [6, 6.07) is 0. The molecule has 1 unspecified atom stereocenters. The summed E-state index contributed by atoms with van der Waals surface area (Å²) in [6.07, 6.45) is 5.45. The third kappa shape index (κ3) is 10.6. The van der Waals surface area contributed by atoms with Crippen LogP contribution in [0.25, 0.3) is 0 Å². The van der Waals surface area contributed by atoms with Gasteiger partial charge in [0.25, 0.3) is 0 Å². The molecular weight excluding hydrogens is 256 g/mol. The molecule has 0 aromatic carbocycles. The van der Waals surface area contributed by atoms with Crippen LogP contribution in [0.1, 0.15) is 74.1 Å². The molecule has 0 nitrogen and oxygen atoms in total. The van der Waals surface area contributed by atoms with E-state index in [1.54, 1.807) is 0 Å². The maximum atomic E-state index is 2.46. The Hall–Kier alpha value is 0.700. The van der Waals surface area contributed by atoms with Crippen LogP contribution in [-0.4, -0.2) is 21.0 Å². The van der Waals surface area contributed by atoms with Crippen LogP contribution in [0.15, 0.2) is 0 Å². The first-order valence-electron chi connectivity index (χ1n) is 7.46. The maximum absolute atomic E-state index is 2.46. The molecule has 0 spiro atoms. The minimum absolute atomic E-state index is 0.431. The highest BCUT2D eigenvalue weighted by atomic mass is 32.2. The van der Waals surface area contributed by atoms with Gasteiger partial charge in [-0.1, -0.05) is 54.9 Å². The third-order valence-corrected chi connectivity index (χ3v) is 6.53. The van der Waals surface area contributed by atoms with Gasteiger partial charge in [0, 0.05) is 9.49 Å². The third-order valence-electron chi connectivity index (χ3n) is 3.15. The first kappa shape index (κ1) is 18.7. The molecule has 0 saturated carbocycles. The van der Waals surface area contributed by atoms with E-state index in [9.17, 15) is 0 Å². The summed E-state index contributed by atoms with van der Waals surface area (Å²) in [4.78, 5) is 0. The van der Waals surface area contributed by atoms with Gasteiger partial charge in [-0.2, -0.15) is 23.5 Å². The van der Waals surface area contributed by atoms with Gasteiger partial charge in [-0.3, -0.25) is 0 Å². The fraction of sp³-hybridized carbons (Fsp3) is 1.00. The van der Waals surface area contributed by atoms with Crippen LogP contribution < -0.4 is 0 Å². The van der Waals surface area contributed by atoms with E-state index in [2.05, 4.69) is 72.0 Å². The topological polar surface area (TPSA) is 0 Å². The fourth-order valence-electron chi connectivity index (χ4n) is 1.70. The van der Waals surface area contributed by atoms with Crippen molar-refractivity contribution in [2.45, 2.75) is 83.6 Å². The van der Waals surface area contributed by atoms with Gasteiger partial charge in [-0.05, 0) is 36.7 Å². The molecule has 0 bridgehead atoms. The molecule has 1 atom stereocenters. The summed E-state index contributed by atoms with van der Waals surface area (Å²) in [5.74, 6) is 3.44. The highest BCUT2D eigenvalue weighted by molar-refractivity contribution is 8.00. The quantitative estimate of drug-likeness (QED) is 0.460. The lowest BCUT2D eigenvalue weighted by Crippen LogP contribution is -2.20. The Kier molecular flexibility index (Phi) is 9.13. The average molecular weight is 291 g/mol. The zero-order chi connectivity index (χ0) is 14.2. The molecule has 0 heterocycles. The molecule has 0 aliphatic heterocycles. The lowest BCUT2D eigenvalue weighted by atomic mass is 10.0. The van der Waals surface area contributed by atoms with Crippen molar-refractivity contribution in [3.63, 3.8) is 0 Å². The summed E-state index contributed by atoms with van der Waals surface area (Å²) < 4.78 is 0.942. The molecule has 2 heteroatoms. The van der Waals surface area contributed by atoms with Crippen molar-refractivity contribution in [1.82, 2.24) is 0 Å². The first-order valence-corrected chi connectivity index (χ1v) is 9.43. The van der Waals surface area contributed by atoms with Crippen LogP contribution in [0.5, 0.6) is 0 Å². The molecule has 0 aromatic rings. The molecule has 0 aliphatic carbocycles. The predicted molar refractivity (Wildman–Crippen MR) is 92.1 cm³/mol. The van der Waals surface area contributed by atoms with E-state index in [-0.39, 0.29) is 0 Å². The van der Waals surface area contributed by atoms with Gasteiger partial charge in [-0.25, -0.2) is 0 Å². The van der Waals surface area contributed by atoms with E-state index >= 15 is 0 Å². The SMILES string of the molecule is CCC(C)(CCCCSC(C)(C)C)SCC(C)C. The Morgan fingerprint density at radius 3 is 2.00 bits per heavy atom. The second-order valence-corrected chi connectivity index (χ2v) is 10.5. The van der Waals surface area contributed by atoms with E-state index in [4.69, 9.17) is 0 Å². The summed E-state index contributed by atoms with van der Waals surface area (Å²) in [5, 5.41) is 0. The summed E-state index contributed by atoms with van der Waals surface area (Å²) >= 11 is 4.29.